The Labute approximate surface area is 487 Å². The van der Waals surface area contributed by atoms with E-state index in [0.717, 1.165) is 17.8 Å². The lowest BCUT2D eigenvalue weighted by Gasteiger charge is -2.19. The fraction of sp³-hybridized carbons (Fsp3) is 0.447. The number of hydrogen-bond donors (Lipinski definition) is 13. The van der Waals surface area contributed by atoms with Crippen LogP contribution in [0.4, 0.5) is 32.3 Å². The van der Waals surface area contributed by atoms with Gasteiger partial charge in [-0.3, -0.25) is 38.3 Å². The number of thioether (sulfide) groups is 2. The number of carbonyl (C=O) groups is 13. The summed E-state index contributed by atoms with van der Waals surface area (Å²) in [6.45, 7) is 3.35. The van der Waals surface area contributed by atoms with E-state index >= 15 is 0 Å². The number of carboxylic acids is 6. The number of carbonyl (C=O) groups excluding carboxylic acids is 7. The molecule has 7 amide bonds. The molecule has 0 spiro atoms. The van der Waals surface area contributed by atoms with E-state index in [1.165, 1.54) is 41.7 Å². The first kappa shape index (κ1) is 79.3. The number of unbranched alkanes of at least 4 members (excludes halogenated alkanes) is 1. The van der Waals surface area contributed by atoms with Crippen LogP contribution in [0, 0.1) is 11.8 Å². The average Bonchev–Trinajstić information content (AvgIpc) is 3.44. The predicted octanol–water partition coefficient (Wildman–Crippen LogP) is 2.26. The number of halogens is 4. The van der Waals surface area contributed by atoms with Gasteiger partial charge in [-0.15, -0.1) is 0 Å². The summed E-state index contributed by atoms with van der Waals surface area (Å²) < 4.78 is 63.2. The largest absolute Gasteiger partial charge is 0.481 e. The minimum atomic E-state index is -1.43. The molecule has 1 heterocycles. The van der Waals surface area contributed by atoms with Crippen LogP contribution in [0.3, 0.4) is 0 Å². The topological polar surface area (TPSA) is 468 Å². The van der Waals surface area contributed by atoms with Crippen LogP contribution in [0.2, 0.25) is 0 Å². The average molecular weight is 1250 g/mol. The lowest BCUT2D eigenvalue weighted by Crippen LogP contribution is -2.50. The summed E-state index contributed by atoms with van der Waals surface area (Å²) in [4.78, 5) is 146. The third kappa shape index (κ3) is 44.8. The van der Waals surface area contributed by atoms with Crippen molar-refractivity contribution in [2.75, 3.05) is 24.3 Å². The quantitative estimate of drug-likeness (QED) is 0.00885. The number of nitrogens with zero attached hydrogens (tertiary/aromatic N) is 1. The van der Waals surface area contributed by atoms with Crippen molar-refractivity contribution in [1.29, 1.82) is 1.45 Å². The Morgan fingerprint density at radius 1 is 0.643 bits per heavy atom. The van der Waals surface area contributed by atoms with Crippen LogP contribution in [0.5, 0.6) is 0 Å². The van der Waals surface area contributed by atoms with Crippen LogP contribution >= 0.6 is 23.5 Å². The number of rotatable bonds is 36. The summed E-state index contributed by atoms with van der Waals surface area (Å²) in [6.07, 6.45) is -1.23. The number of hydrogen-bond acceptors (Lipinski definition) is 19. The standard InChI is InChI=1S/C18H23FN4O8.C16H19FN2O7S.C10H16N2O7S.C2H2BF.CH4.FH/c19-13-6-4-11(9-21-13)16(27)20-8-2-1-3-14(31-10-24)23-18(30)22-12(17(28)29)5-7-15(25)26;17-11-3-1-10(2-4-11)7-27-8-13(26-9-20)19-16(25)18-12(15(23)24)5-6-14(21)22;1-20-4-7(19-5-13)12-10(18)11-6(9(16)17)2-3-8(14)15;1-2(3)4;;/h4,6,9-10,12,14H,1-3,5,7-8H2,(H,20,27)(H,25,26)(H,28,29)(H2,22,23,30);1-4,9,12-13H,5-8H2,(H,21,22)(H,23,24)(H2,18,19,25);5-7H,2-4H2,1H3,(H,14,15)(H,16,17)(H2,11,12,18);1H2;1H4;1H/t12-,14+;12-,13+;6-,7+;;;/m000.../s1/i;;;;;1-1/hD. The van der Waals surface area contributed by atoms with Crippen LogP contribution in [0.15, 0.2) is 54.9 Å². The van der Waals surface area contributed by atoms with Crippen LogP contribution in [0.1, 0.15) is 81.1 Å². The SMILES string of the molecule is C.CSC[C@H](NC(=O)N[C@@H](CCC(=O)O)C(=O)O)OC=O.O=CO[C@H](CCCCNC(=O)c1ccc(F)nc1)NC(=O)N[C@@H](CCC(=O)O)C(=O)O.O=CO[C@H](CSCc1ccc(F)cc1)NC(=O)N[C@@H](CCC(=O)O)C(=O)O.[2H][18F].[B]C(=C)F. The van der Waals surface area contributed by atoms with Gasteiger partial charge < -0.3 is 82.1 Å². The molecule has 2 aromatic rings. The van der Waals surface area contributed by atoms with Gasteiger partial charge in [-0.05, 0) is 68.2 Å². The first-order chi connectivity index (χ1) is 39.7. The van der Waals surface area contributed by atoms with Gasteiger partial charge >= 0.3 is 53.9 Å². The molecular formula is C47H65BF4N8O22S2. The molecular weight excluding hydrogens is 1180 g/mol. The van der Waals surface area contributed by atoms with Gasteiger partial charge in [-0.1, -0.05) is 26.1 Å². The molecule has 2 radical (unpaired) electrons. The van der Waals surface area contributed by atoms with Crippen molar-refractivity contribution in [3.63, 3.8) is 0 Å². The van der Waals surface area contributed by atoms with Crippen LogP contribution in [-0.4, -0.2) is 185 Å². The zero-order valence-electron chi connectivity index (χ0n) is 44.7. The lowest BCUT2D eigenvalue weighted by molar-refractivity contribution is -0.142. The number of nitrogens with one attached hydrogen (secondary N) is 7. The molecule has 0 bridgehead atoms. The molecule has 30 nitrogen and oxygen atoms in total. The van der Waals surface area contributed by atoms with Crippen molar-refractivity contribution in [3.05, 3.63) is 77.8 Å². The first-order valence-electron chi connectivity index (χ1n) is 23.7. The molecule has 0 fully saturated rings. The van der Waals surface area contributed by atoms with E-state index in [-0.39, 0.29) is 76.2 Å². The number of carboxylic acid groups (broad SMARTS) is 6. The molecule has 1 aromatic carbocycles. The molecule has 84 heavy (non-hydrogen) atoms. The third-order valence-electron chi connectivity index (χ3n) is 9.22. The van der Waals surface area contributed by atoms with Crippen LogP contribution < -0.4 is 37.2 Å². The lowest BCUT2D eigenvalue weighted by atomic mass is 10.1. The molecule has 6 atom stereocenters. The second-order valence-corrected chi connectivity index (χ2v) is 17.6. The van der Waals surface area contributed by atoms with Gasteiger partial charge in [-0.25, -0.2) is 42.5 Å². The summed E-state index contributed by atoms with van der Waals surface area (Å²) in [5.41, 5.74) is 0.188. The fourth-order valence-electron chi connectivity index (χ4n) is 5.50. The van der Waals surface area contributed by atoms with Gasteiger partial charge in [0, 0.05) is 55.7 Å². The van der Waals surface area contributed by atoms with Gasteiger partial charge in [0.2, 0.25) is 5.95 Å². The minimum Gasteiger partial charge on any atom is -0.481 e. The first-order valence-corrected chi connectivity index (χ1v) is 25.9. The molecule has 2 rings (SSSR count). The Bertz CT molecular complexity index is 2400. The van der Waals surface area contributed by atoms with Crippen LogP contribution in [-0.2, 0) is 63.1 Å². The molecule has 13 N–H and O–H groups in total. The molecule has 468 valence electrons. The van der Waals surface area contributed by atoms with E-state index < -0.39 is 128 Å². The Morgan fingerprint density at radius 2 is 1.04 bits per heavy atom. The number of aliphatic carboxylic acids is 6. The van der Waals surface area contributed by atoms with Gasteiger partial charge in [0.25, 0.3) is 26.8 Å². The summed E-state index contributed by atoms with van der Waals surface area (Å²) >= 11 is 2.61. The van der Waals surface area contributed by atoms with E-state index in [1.807, 2.05) is 0 Å². The van der Waals surface area contributed by atoms with Crippen molar-refractivity contribution >= 4 is 111 Å². The zero-order chi connectivity index (χ0) is 64.6. The van der Waals surface area contributed by atoms with Crippen molar-refractivity contribution in [3.8, 4) is 0 Å². The van der Waals surface area contributed by atoms with Crippen molar-refractivity contribution < 1.29 is 125 Å². The molecule has 0 saturated heterocycles. The molecule has 0 unspecified atom stereocenters. The van der Waals surface area contributed by atoms with E-state index in [0.29, 0.717) is 24.3 Å². The molecule has 1 aromatic heterocycles. The second-order valence-electron chi connectivity index (χ2n) is 15.7. The summed E-state index contributed by atoms with van der Waals surface area (Å²) in [6, 6.07) is 1.28. The minimum absolute atomic E-state index is 0. The Hall–Kier alpha value is -8.90. The van der Waals surface area contributed by atoms with Crippen LogP contribution in [0.25, 0.3) is 0 Å². The monoisotopic (exact) mass is 1240 g/mol. The van der Waals surface area contributed by atoms with Gasteiger partial charge in [-0.2, -0.15) is 27.9 Å². The Kier molecular flexibility index (Phi) is 46.1. The maximum Gasteiger partial charge on any atom is 0.326 e. The van der Waals surface area contributed by atoms with E-state index in [9.17, 15) is 75.5 Å². The van der Waals surface area contributed by atoms with Crippen molar-refractivity contribution in [2.24, 2.45) is 0 Å². The zero-order valence-corrected chi connectivity index (χ0v) is 45.3. The highest BCUT2D eigenvalue weighted by Crippen LogP contribution is 2.14. The molecule has 0 aliphatic carbocycles. The number of ether oxygens (including phenoxy) is 3. The van der Waals surface area contributed by atoms with Crippen molar-refractivity contribution in [1.82, 2.24) is 42.2 Å². The summed E-state index contributed by atoms with van der Waals surface area (Å²) in [5.74, 6) is -8.28. The van der Waals surface area contributed by atoms with Gasteiger partial charge in [0.05, 0.1) is 11.3 Å². The number of aromatic nitrogens is 1. The van der Waals surface area contributed by atoms with E-state index in [1.54, 1.807) is 18.4 Å². The van der Waals surface area contributed by atoms with Gasteiger partial charge in [0.1, 0.15) is 23.9 Å². The maximum atomic E-state index is 12.8. The van der Waals surface area contributed by atoms with E-state index in [2.05, 4.69) is 62.8 Å². The van der Waals surface area contributed by atoms with E-state index in [4.69, 9.17) is 44.8 Å². The summed E-state index contributed by atoms with van der Waals surface area (Å²) in [5, 5.41) is 68.3. The number of pyridine rings is 1. The molecule has 0 aliphatic rings. The third-order valence-corrected chi connectivity index (χ3v) is 10.9. The Morgan fingerprint density at radius 3 is 1.39 bits per heavy atom. The molecule has 0 saturated carbocycles. The number of amides is 7. The Balaban J connectivity index is -0.000000559. The number of urea groups is 3. The second kappa shape index (κ2) is 48.8. The fourth-order valence-corrected chi connectivity index (χ4v) is 6.89. The smallest absolute Gasteiger partial charge is 0.326 e. The normalized spacial score (nSPS) is 11.9. The highest BCUT2D eigenvalue weighted by Gasteiger charge is 2.25. The van der Waals surface area contributed by atoms with Gasteiger partial charge in [0.15, 0.2) is 26.5 Å². The summed E-state index contributed by atoms with van der Waals surface area (Å²) in [7, 11) is 4.25. The maximum absolute atomic E-state index is 12.8. The van der Waals surface area contributed by atoms with Crippen molar-refractivity contribution in [2.45, 2.75) is 108 Å². The highest BCUT2D eigenvalue weighted by atomic mass is 32.2. The molecule has 37 heteroatoms. The number of benzene rings is 1. The highest BCUT2D eigenvalue weighted by molar-refractivity contribution is 7.98. The molecule has 0 aliphatic heterocycles. The predicted molar refractivity (Wildman–Crippen MR) is 289 cm³/mol.